The maximum Gasteiger partial charge on any atom is 0.330 e. The van der Waals surface area contributed by atoms with Crippen molar-refractivity contribution in [2.24, 2.45) is 0 Å². The Bertz CT molecular complexity index is 780. The highest BCUT2D eigenvalue weighted by Gasteiger charge is 2.35. The molecule has 122 valence electrons. The van der Waals surface area contributed by atoms with Gasteiger partial charge in [-0.3, -0.25) is 14.3 Å². The van der Waals surface area contributed by atoms with E-state index >= 15 is 0 Å². The van der Waals surface area contributed by atoms with Gasteiger partial charge in [0.05, 0.1) is 6.10 Å². The zero-order valence-electron chi connectivity index (χ0n) is 12.6. The Balaban J connectivity index is 1.65. The van der Waals surface area contributed by atoms with Gasteiger partial charge in [0.1, 0.15) is 24.7 Å². The number of hydrogen-bond donors (Lipinski definition) is 2. The van der Waals surface area contributed by atoms with Crippen LogP contribution in [-0.2, 0) is 4.74 Å². The molecule has 23 heavy (non-hydrogen) atoms. The van der Waals surface area contributed by atoms with E-state index in [1.54, 1.807) is 0 Å². The second-order valence-electron chi connectivity index (χ2n) is 5.57. The number of nitrogens with one attached hydrogen (secondary N) is 1. The molecule has 7 nitrogen and oxygen atoms in total. The van der Waals surface area contributed by atoms with Gasteiger partial charge in [-0.2, -0.15) is 0 Å². The lowest BCUT2D eigenvalue weighted by Gasteiger charge is -2.16. The molecule has 3 rings (SSSR count). The number of aliphatic hydroxyl groups is 1. The summed E-state index contributed by atoms with van der Waals surface area (Å²) in [7, 11) is 0. The average molecular weight is 318 g/mol. The van der Waals surface area contributed by atoms with Gasteiger partial charge in [0.2, 0.25) is 0 Å². The monoisotopic (exact) mass is 318 g/mol. The maximum atomic E-state index is 11.8. The predicted molar refractivity (Wildman–Crippen MR) is 82.5 cm³/mol. The molecule has 0 spiro atoms. The van der Waals surface area contributed by atoms with Gasteiger partial charge in [-0.1, -0.05) is 17.7 Å². The SMILES string of the molecule is Cc1ccc(OC[C@H]2O[C@@H](n3ccc(=O)[nH]c3=O)C[C@@H]2O)cc1. The topological polar surface area (TPSA) is 93.5 Å². The Kier molecular flexibility index (Phi) is 4.31. The molecular weight excluding hydrogens is 300 g/mol. The molecule has 1 fully saturated rings. The highest BCUT2D eigenvalue weighted by molar-refractivity contribution is 5.26. The summed E-state index contributed by atoms with van der Waals surface area (Å²) in [6, 6.07) is 8.81. The second-order valence-corrected chi connectivity index (χ2v) is 5.57. The Morgan fingerprint density at radius 1 is 1.30 bits per heavy atom. The van der Waals surface area contributed by atoms with Crippen LogP contribution in [0.2, 0.25) is 0 Å². The lowest BCUT2D eigenvalue weighted by molar-refractivity contribution is -0.0409. The van der Waals surface area contributed by atoms with Gasteiger partial charge in [-0.15, -0.1) is 0 Å². The van der Waals surface area contributed by atoms with Crippen LogP contribution in [0.3, 0.4) is 0 Å². The van der Waals surface area contributed by atoms with Crippen molar-refractivity contribution in [1.29, 1.82) is 0 Å². The van der Waals surface area contributed by atoms with Crippen molar-refractivity contribution in [3.05, 3.63) is 62.9 Å². The minimum atomic E-state index is -0.746. The third-order valence-electron chi connectivity index (χ3n) is 3.80. The smallest absolute Gasteiger partial charge is 0.330 e. The molecule has 1 aliphatic rings. The summed E-state index contributed by atoms with van der Waals surface area (Å²) >= 11 is 0. The lowest BCUT2D eigenvalue weighted by atomic mass is 10.2. The molecule has 7 heteroatoms. The van der Waals surface area contributed by atoms with Crippen LogP contribution >= 0.6 is 0 Å². The number of aromatic amines is 1. The normalized spacial score (nSPS) is 23.8. The number of H-pyrrole nitrogens is 1. The largest absolute Gasteiger partial charge is 0.491 e. The van der Waals surface area contributed by atoms with Gasteiger partial charge >= 0.3 is 5.69 Å². The van der Waals surface area contributed by atoms with Gasteiger partial charge in [0.25, 0.3) is 5.56 Å². The minimum absolute atomic E-state index is 0.179. The van der Waals surface area contributed by atoms with E-state index in [4.69, 9.17) is 9.47 Å². The lowest BCUT2D eigenvalue weighted by Crippen LogP contribution is -2.32. The maximum absolute atomic E-state index is 11.8. The van der Waals surface area contributed by atoms with E-state index in [1.807, 2.05) is 31.2 Å². The summed E-state index contributed by atoms with van der Waals surface area (Å²) in [6.07, 6.45) is -0.291. The zero-order chi connectivity index (χ0) is 16.4. The fourth-order valence-electron chi connectivity index (χ4n) is 2.50. The van der Waals surface area contributed by atoms with Crippen LogP contribution < -0.4 is 16.0 Å². The molecule has 1 aliphatic heterocycles. The summed E-state index contributed by atoms with van der Waals surface area (Å²) in [5.41, 5.74) is 0.103. The molecule has 2 N–H and O–H groups in total. The van der Waals surface area contributed by atoms with E-state index in [0.29, 0.717) is 5.75 Å². The molecule has 1 aromatic heterocycles. The number of aromatic nitrogens is 2. The summed E-state index contributed by atoms with van der Waals surface area (Å²) in [5.74, 6) is 0.691. The molecule has 1 saturated heterocycles. The average Bonchev–Trinajstić information content (AvgIpc) is 2.87. The van der Waals surface area contributed by atoms with Crippen molar-refractivity contribution in [1.82, 2.24) is 9.55 Å². The van der Waals surface area contributed by atoms with Crippen LogP contribution in [0.1, 0.15) is 18.2 Å². The van der Waals surface area contributed by atoms with Gasteiger partial charge < -0.3 is 14.6 Å². The first-order valence-electron chi connectivity index (χ1n) is 7.37. The summed E-state index contributed by atoms with van der Waals surface area (Å²) < 4.78 is 12.6. The molecule has 2 heterocycles. The predicted octanol–water partition coefficient (Wildman–Crippen LogP) is 0.572. The Hall–Kier alpha value is -2.38. The Morgan fingerprint density at radius 2 is 2.04 bits per heavy atom. The quantitative estimate of drug-likeness (QED) is 0.860. The summed E-state index contributed by atoms with van der Waals surface area (Å²) in [4.78, 5) is 25.0. The highest BCUT2D eigenvalue weighted by Crippen LogP contribution is 2.28. The molecule has 0 radical (unpaired) electrons. The van der Waals surface area contributed by atoms with Crippen LogP contribution in [-0.4, -0.2) is 33.5 Å². The molecule has 3 atom stereocenters. The number of benzene rings is 1. The Labute approximate surface area is 132 Å². The minimum Gasteiger partial charge on any atom is -0.491 e. The van der Waals surface area contributed by atoms with Crippen LogP contribution in [0.25, 0.3) is 0 Å². The van der Waals surface area contributed by atoms with Crippen molar-refractivity contribution in [2.75, 3.05) is 6.61 Å². The van der Waals surface area contributed by atoms with Crippen molar-refractivity contribution in [3.63, 3.8) is 0 Å². The van der Waals surface area contributed by atoms with Crippen molar-refractivity contribution >= 4 is 0 Å². The van der Waals surface area contributed by atoms with E-state index in [9.17, 15) is 14.7 Å². The number of hydrogen-bond acceptors (Lipinski definition) is 5. The van der Waals surface area contributed by atoms with Gasteiger partial charge in [-0.25, -0.2) is 4.79 Å². The number of nitrogens with zero attached hydrogens (tertiary/aromatic N) is 1. The first-order chi connectivity index (χ1) is 11.0. The number of aliphatic hydroxyl groups excluding tert-OH is 1. The summed E-state index contributed by atoms with van der Waals surface area (Å²) in [6.45, 7) is 2.17. The third kappa shape index (κ3) is 3.52. The van der Waals surface area contributed by atoms with E-state index in [2.05, 4.69) is 4.98 Å². The van der Waals surface area contributed by atoms with Gasteiger partial charge in [0, 0.05) is 18.7 Å². The zero-order valence-corrected chi connectivity index (χ0v) is 12.6. The first-order valence-corrected chi connectivity index (χ1v) is 7.37. The van der Waals surface area contributed by atoms with E-state index in [0.717, 1.165) is 5.56 Å². The molecule has 1 aromatic carbocycles. The number of rotatable bonds is 4. The Morgan fingerprint density at radius 3 is 2.74 bits per heavy atom. The standard InChI is InChI=1S/C16H18N2O5/c1-10-2-4-11(5-3-10)22-9-13-12(19)8-15(23-13)18-7-6-14(20)17-16(18)21/h2-7,12-13,15,19H,8-9H2,1H3,(H,17,20,21)/t12-,13+,15+/m0/s1. The van der Waals surface area contributed by atoms with Crippen LogP contribution in [0.15, 0.2) is 46.1 Å². The molecular formula is C16H18N2O5. The van der Waals surface area contributed by atoms with Crippen molar-refractivity contribution < 1.29 is 14.6 Å². The number of ether oxygens (including phenoxy) is 2. The van der Waals surface area contributed by atoms with E-state index < -0.39 is 29.7 Å². The fraction of sp³-hybridized carbons (Fsp3) is 0.375. The van der Waals surface area contributed by atoms with Crippen molar-refractivity contribution in [2.45, 2.75) is 31.8 Å². The van der Waals surface area contributed by atoms with Gasteiger partial charge in [0.15, 0.2) is 0 Å². The highest BCUT2D eigenvalue weighted by atomic mass is 16.6. The fourth-order valence-corrected chi connectivity index (χ4v) is 2.50. The van der Waals surface area contributed by atoms with Crippen molar-refractivity contribution in [3.8, 4) is 5.75 Å². The third-order valence-corrected chi connectivity index (χ3v) is 3.80. The second kappa shape index (κ2) is 6.39. The molecule has 0 aliphatic carbocycles. The molecule has 0 unspecified atom stereocenters. The summed E-state index contributed by atoms with van der Waals surface area (Å²) in [5, 5.41) is 10.1. The molecule has 0 saturated carbocycles. The van der Waals surface area contributed by atoms with Gasteiger partial charge in [-0.05, 0) is 19.1 Å². The number of aryl methyl sites for hydroxylation is 1. The molecule has 0 amide bonds. The molecule has 2 aromatic rings. The van der Waals surface area contributed by atoms with E-state index in [-0.39, 0.29) is 13.0 Å². The van der Waals surface area contributed by atoms with Crippen LogP contribution in [0, 0.1) is 6.92 Å². The van der Waals surface area contributed by atoms with Crippen LogP contribution in [0.4, 0.5) is 0 Å². The van der Waals surface area contributed by atoms with Crippen LogP contribution in [0.5, 0.6) is 5.75 Å². The molecule has 0 bridgehead atoms. The van der Waals surface area contributed by atoms with E-state index in [1.165, 1.54) is 16.8 Å². The first kappa shape index (κ1) is 15.5.